The number of aliphatic hydroxyl groups excluding tert-OH is 1. The molecule has 0 aromatic heterocycles. The predicted octanol–water partition coefficient (Wildman–Crippen LogP) is 8.16. The van der Waals surface area contributed by atoms with Crippen LogP contribution < -0.4 is 0 Å². The number of ether oxygens (including phenoxy) is 1. The van der Waals surface area contributed by atoms with Gasteiger partial charge in [0.25, 0.3) is 0 Å². The summed E-state index contributed by atoms with van der Waals surface area (Å²) in [7, 11) is 0. The fourth-order valence-electron chi connectivity index (χ4n) is 3.55. The molecule has 0 fully saturated rings. The lowest BCUT2D eigenvalue weighted by molar-refractivity contribution is 0.0260. The lowest BCUT2D eigenvalue weighted by Gasteiger charge is -2.15. The molecule has 28 heavy (non-hydrogen) atoms. The van der Waals surface area contributed by atoms with Crippen molar-refractivity contribution in [3.05, 3.63) is 0 Å². The molecule has 0 aliphatic carbocycles. The lowest BCUT2D eigenvalue weighted by Crippen LogP contribution is -2.21. The molecule has 0 aliphatic rings. The Hall–Kier alpha value is 0.270. The van der Waals surface area contributed by atoms with Crippen LogP contribution in [-0.4, -0.2) is 35.9 Å². The molecule has 3 heteroatoms. The number of hydrogen-bond donors (Lipinski definition) is 1. The first-order chi connectivity index (χ1) is 13.8. The minimum atomic E-state index is 0.0395. The van der Waals surface area contributed by atoms with Gasteiger partial charge in [-0.3, -0.25) is 0 Å². The molecule has 1 N–H and O–H groups in total. The fraction of sp³-hybridized carbons (Fsp3) is 1.00. The molecular formula is C25H52O2S. The highest BCUT2D eigenvalue weighted by Gasteiger charge is 2.07. The highest BCUT2D eigenvalue weighted by molar-refractivity contribution is 7.99. The molecule has 0 saturated heterocycles. The van der Waals surface area contributed by atoms with Gasteiger partial charge >= 0.3 is 0 Å². The summed E-state index contributed by atoms with van der Waals surface area (Å²) in [5.41, 5.74) is 0. The Morgan fingerprint density at radius 3 is 1.50 bits per heavy atom. The normalized spacial score (nSPS) is 12.5. The zero-order valence-corrected chi connectivity index (χ0v) is 20.2. The molecular weight excluding hydrogens is 364 g/mol. The maximum Gasteiger partial charge on any atom is 0.0895 e. The van der Waals surface area contributed by atoms with Crippen molar-refractivity contribution < 1.29 is 9.84 Å². The minimum Gasteiger partial charge on any atom is -0.394 e. The summed E-state index contributed by atoms with van der Waals surface area (Å²) in [6, 6.07) is 0. The first-order valence-electron chi connectivity index (χ1n) is 12.6. The second-order valence-corrected chi connectivity index (χ2v) is 9.56. The van der Waals surface area contributed by atoms with Gasteiger partial charge in [0.1, 0.15) is 0 Å². The summed E-state index contributed by atoms with van der Waals surface area (Å²) in [5.74, 6) is 2.16. The van der Waals surface area contributed by atoms with Crippen LogP contribution in [0.1, 0.15) is 129 Å². The molecule has 0 aromatic carbocycles. The van der Waals surface area contributed by atoms with Gasteiger partial charge in [-0.05, 0) is 18.6 Å². The Labute approximate surface area is 182 Å². The monoisotopic (exact) mass is 416 g/mol. The van der Waals surface area contributed by atoms with Crippen molar-refractivity contribution in [2.24, 2.45) is 0 Å². The van der Waals surface area contributed by atoms with Crippen molar-refractivity contribution in [1.29, 1.82) is 0 Å². The summed E-state index contributed by atoms with van der Waals surface area (Å²) in [5, 5.41) is 9.49. The van der Waals surface area contributed by atoms with Gasteiger partial charge in [-0.15, -0.1) is 0 Å². The zero-order chi connectivity index (χ0) is 20.5. The van der Waals surface area contributed by atoms with E-state index in [1.807, 2.05) is 11.8 Å². The standard InChI is InChI=1S/C25H52O2S/c1-3-5-7-9-11-13-14-15-17-19-21-27-25(23-26)24-28-22-20-18-16-12-10-8-6-4-2/h25-26H,3-24H2,1-2H3. The van der Waals surface area contributed by atoms with Crippen LogP contribution in [0, 0.1) is 0 Å². The molecule has 1 unspecified atom stereocenters. The molecule has 0 bridgehead atoms. The van der Waals surface area contributed by atoms with E-state index in [1.165, 1.54) is 115 Å². The third kappa shape index (κ3) is 22.6. The van der Waals surface area contributed by atoms with Crippen molar-refractivity contribution >= 4 is 11.8 Å². The second-order valence-electron chi connectivity index (χ2n) is 8.41. The van der Waals surface area contributed by atoms with Gasteiger partial charge in [-0.1, -0.05) is 117 Å². The van der Waals surface area contributed by atoms with Crippen molar-refractivity contribution in [1.82, 2.24) is 0 Å². The quantitative estimate of drug-likeness (QED) is 0.161. The third-order valence-electron chi connectivity index (χ3n) is 5.50. The van der Waals surface area contributed by atoms with Crippen molar-refractivity contribution in [3.63, 3.8) is 0 Å². The van der Waals surface area contributed by atoms with Gasteiger partial charge in [-0.2, -0.15) is 11.8 Å². The van der Waals surface area contributed by atoms with E-state index in [0.717, 1.165) is 18.8 Å². The van der Waals surface area contributed by atoms with Crippen molar-refractivity contribution in [2.45, 2.75) is 136 Å². The van der Waals surface area contributed by atoms with Crippen molar-refractivity contribution in [3.8, 4) is 0 Å². The van der Waals surface area contributed by atoms with Crippen LogP contribution >= 0.6 is 11.8 Å². The molecule has 0 heterocycles. The highest BCUT2D eigenvalue weighted by Crippen LogP contribution is 2.14. The van der Waals surface area contributed by atoms with Gasteiger partial charge in [-0.25, -0.2) is 0 Å². The van der Waals surface area contributed by atoms with Crippen molar-refractivity contribution in [2.75, 3.05) is 24.7 Å². The summed E-state index contributed by atoms with van der Waals surface area (Å²) >= 11 is 1.96. The molecule has 170 valence electrons. The number of unbranched alkanes of at least 4 members (excludes halogenated alkanes) is 16. The van der Waals surface area contributed by atoms with E-state index in [9.17, 15) is 5.11 Å². The summed E-state index contributed by atoms with van der Waals surface area (Å²) in [4.78, 5) is 0. The average molecular weight is 417 g/mol. The second kappa shape index (κ2) is 25.3. The molecule has 2 nitrogen and oxygen atoms in total. The topological polar surface area (TPSA) is 29.5 Å². The SMILES string of the molecule is CCCCCCCCCCCCOC(CO)CSCCCCCCCCCC. The maximum absolute atomic E-state index is 9.49. The van der Waals surface area contributed by atoms with E-state index in [1.54, 1.807) is 0 Å². The molecule has 0 aromatic rings. The molecule has 1 atom stereocenters. The summed E-state index contributed by atoms with van der Waals surface area (Å²) in [6.45, 7) is 5.54. The molecule has 0 saturated carbocycles. The third-order valence-corrected chi connectivity index (χ3v) is 6.69. The van der Waals surface area contributed by atoms with Crippen LogP contribution in [-0.2, 0) is 4.74 Å². The fourth-order valence-corrected chi connectivity index (χ4v) is 4.59. The van der Waals surface area contributed by atoms with Gasteiger partial charge in [0, 0.05) is 12.4 Å². The van der Waals surface area contributed by atoms with E-state index in [4.69, 9.17) is 4.74 Å². The summed E-state index contributed by atoms with van der Waals surface area (Å²) in [6.07, 6.45) is 24.6. The number of rotatable bonds is 24. The van der Waals surface area contributed by atoms with Gasteiger partial charge in [0.05, 0.1) is 12.7 Å². The zero-order valence-electron chi connectivity index (χ0n) is 19.4. The Morgan fingerprint density at radius 2 is 1.04 bits per heavy atom. The number of thioether (sulfide) groups is 1. The first-order valence-corrected chi connectivity index (χ1v) is 13.8. The van der Waals surface area contributed by atoms with Crippen LogP contribution in [0.4, 0.5) is 0 Å². The van der Waals surface area contributed by atoms with Crippen LogP contribution in [0.5, 0.6) is 0 Å². The Balaban J connectivity index is 3.27. The highest BCUT2D eigenvalue weighted by atomic mass is 32.2. The smallest absolute Gasteiger partial charge is 0.0895 e. The number of hydrogen-bond acceptors (Lipinski definition) is 3. The Kier molecular flexibility index (Phi) is 25.6. The van der Waals surface area contributed by atoms with E-state index >= 15 is 0 Å². The van der Waals surface area contributed by atoms with Gasteiger partial charge in [0.2, 0.25) is 0 Å². The van der Waals surface area contributed by atoms with Crippen LogP contribution in [0.25, 0.3) is 0 Å². The average Bonchev–Trinajstić information content (AvgIpc) is 2.71. The van der Waals surface area contributed by atoms with Crippen LogP contribution in [0.3, 0.4) is 0 Å². The predicted molar refractivity (Wildman–Crippen MR) is 129 cm³/mol. The van der Waals surface area contributed by atoms with E-state index < -0.39 is 0 Å². The van der Waals surface area contributed by atoms with Crippen LogP contribution in [0.15, 0.2) is 0 Å². The minimum absolute atomic E-state index is 0.0395. The number of aliphatic hydroxyl groups is 1. The largest absolute Gasteiger partial charge is 0.394 e. The van der Waals surface area contributed by atoms with Gasteiger partial charge in [0.15, 0.2) is 0 Å². The van der Waals surface area contributed by atoms with E-state index in [0.29, 0.717) is 0 Å². The Bertz CT molecular complexity index is 273. The maximum atomic E-state index is 9.49. The first kappa shape index (κ1) is 28.3. The van der Waals surface area contributed by atoms with Gasteiger partial charge < -0.3 is 9.84 Å². The molecule has 0 aliphatic heterocycles. The Morgan fingerprint density at radius 1 is 0.607 bits per heavy atom. The molecule has 0 amide bonds. The molecule has 0 radical (unpaired) electrons. The van der Waals surface area contributed by atoms with Crippen LogP contribution in [0.2, 0.25) is 0 Å². The summed E-state index contributed by atoms with van der Waals surface area (Å²) < 4.78 is 5.88. The molecule has 0 spiro atoms. The molecule has 0 rings (SSSR count). The lowest BCUT2D eigenvalue weighted by atomic mass is 10.1. The van der Waals surface area contributed by atoms with E-state index in [2.05, 4.69) is 13.8 Å². The van der Waals surface area contributed by atoms with E-state index in [-0.39, 0.29) is 12.7 Å².